The minimum atomic E-state index is 0.0908. The van der Waals surface area contributed by atoms with E-state index >= 15 is 0 Å². The molecule has 0 saturated carbocycles. The molecule has 0 bridgehead atoms. The third-order valence-electron chi connectivity index (χ3n) is 9.04. The van der Waals surface area contributed by atoms with Crippen LogP contribution in [0, 0.1) is 13.8 Å². The van der Waals surface area contributed by atoms with Crippen molar-refractivity contribution in [2.24, 2.45) is 0 Å². The molecular formula is C41H52. The average molecular weight is 545 g/mol. The van der Waals surface area contributed by atoms with E-state index in [9.17, 15) is 0 Å². The van der Waals surface area contributed by atoms with Gasteiger partial charge in [0.2, 0.25) is 0 Å². The van der Waals surface area contributed by atoms with Crippen molar-refractivity contribution in [3.05, 3.63) is 107 Å². The van der Waals surface area contributed by atoms with Gasteiger partial charge < -0.3 is 0 Å². The summed E-state index contributed by atoms with van der Waals surface area (Å²) in [6.45, 7) is 13.0. The fourth-order valence-corrected chi connectivity index (χ4v) is 6.72. The van der Waals surface area contributed by atoms with E-state index in [1.165, 1.54) is 109 Å². The first-order chi connectivity index (χ1) is 20.1. The van der Waals surface area contributed by atoms with E-state index in [1.807, 2.05) is 13.8 Å². The van der Waals surface area contributed by atoms with Gasteiger partial charge >= 0.3 is 0 Å². The van der Waals surface area contributed by atoms with E-state index in [4.69, 9.17) is 0 Å². The lowest BCUT2D eigenvalue weighted by Gasteiger charge is -2.33. The molecule has 0 unspecified atom stereocenters. The zero-order valence-corrected chi connectivity index (χ0v) is 26.7. The summed E-state index contributed by atoms with van der Waals surface area (Å²) < 4.78 is 0. The van der Waals surface area contributed by atoms with Crippen molar-refractivity contribution in [3.63, 3.8) is 0 Å². The molecule has 0 atom stereocenters. The van der Waals surface area contributed by atoms with Crippen LogP contribution in [-0.2, 0) is 5.41 Å². The van der Waals surface area contributed by atoms with Crippen LogP contribution >= 0.6 is 0 Å². The molecule has 0 fully saturated rings. The van der Waals surface area contributed by atoms with Gasteiger partial charge in [0.1, 0.15) is 0 Å². The highest BCUT2D eigenvalue weighted by Crippen LogP contribution is 2.55. The Morgan fingerprint density at radius 1 is 0.439 bits per heavy atom. The van der Waals surface area contributed by atoms with Gasteiger partial charge in [-0.3, -0.25) is 0 Å². The highest BCUT2D eigenvalue weighted by molar-refractivity contribution is 5.86. The molecule has 0 heterocycles. The van der Waals surface area contributed by atoms with Gasteiger partial charge in [0.15, 0.2) is 0 Å². The molecular weight excluding hydrogens is 492 g/mol. The Morgan fingerprint density at radius 3 is 1.17 bits per heavy atom. The highest BCUT2D eigenvalue weighted by atomic mass is 14.5. The standard InChI is InChI=1S/C39H46.C2H6/c1-5-7-9-11-25-39(26-12-10-8-6-2)37-27-33(31-17-13-29(3)14-18-31)21-23-35(37)36-24-22-34(28-38(36)39)32-19-15-30(4)16-20-32;1-2/h13-24,27-28H,5-12,25-26H2,1-4H3;1-2H3. The van der Waals surface area contributed by atoms with E-state index in [2.05, 4.69) is 113 Å². The van der Waals surface area contributed by atoms with Gasteiger partial charge in [0.05, 0.1) is 0 Å². The Labute approximate surface area is 251 Å². The molecule has 41 heavy (non-hydrogen) atoms. The van der Waals surface area contributed by atoms with Gasteiger partial charge in [-0.15, -0.1) is 0 Å². The van der Waals surface area contributed by atoms with E-state index in [1.54, 1.807) is 11.1 Å². The van der Waals surface area contributed by atoms with Gasteiger partial charge in [0.25, 0.3) is 0 Å². The Bertz CT molecular complexity index is 1260. The average Bonchev–Trinajstić information content (AvgIpc) is 3.28. The van der Waals surface area contributed by atoms with Crippen LogP contribution in [0.4, 0.5) is 0 Å². The second-order valence-electron chi connectivity index (χ2n) is 12.0. The molecule has 0 saturated heterocycles. The first-order valence-corrected chi connectivity index (χ1v) is 16.5. The molecule has 0 radical (unpaired) electrons. The summed E-state index contributed by atoms with van der Waals surface area (Å²) in [5, 5.41) is 0. The van der Waals surface area contributed by atoms with Gasteiger partial charge in [0, 0.05) is 5.41 Å². The van der Waals surface area contributed by atoms with Crippen LogP contribution in [0.15, 0.2) is 84.9 Å². The molecule has 0 aliphatic heterocycles. The summed E-state index contributed by atoms with van der Waals surface area (Å²) in [5.41, 5.74) is 14.1. The molecule has 216 valence electrons. The van der Waals surface area contributed by atoms with E-state index in [0.717, 1.165) is 0 Å². The first-order valence-electron chi connectivity index (χ1n) is 16.5. The maximum Gasteiger partial charge on any atom is 0.0215 e. The fourth-order valence-electron chi connectivity index (χ4n) is 6.72. The number of hydrogen-bond acceptors (Lipinski definition) is 0. The molecule has 0 amide bonds. The molecule has 1 aliphatic carbocycles. The number of aryl methyl sites for hydroxylation is 2. The quantitative estimate of drug-likeness (QED) is 0.156. The third-order valence-corrected chi connectivity index (χ3v) is 9.04. The van der Waals surface area contributed by atoms with Gasteiger partial charge in [-0.05, 0) is 83.3 Å². The first kappa shape index (κ1) is 30.8. The number of unbranched alkanes of at least 4 members (excludes halogenated alkanes) is 6. The molecule has 0 N–H and O–H groups in total. The molecule has 4 aromatic carbocycles. The van der Waals surface area contributed by atoms with E-state index < -0.39 is 0 Å². The van der Waals surface area contributed by atoms with Crippen molar-refractivity contribution >= 4 is 0 Å². The molecule has 4 aromatic rings. The summed E-state index contributed by atoms with van der Waals surface area (Å²) >= 11 is 0. The Balaban J connectivity index is 0.00000189. The maximum atomic E-state index is 2.56. The minimum Gasteiger partial charge on any atom is -0.0683 e. The maximum absolute atomic E-state index is 2.56. The normalized spacial score (nSPS) is 12.8. The minimum absolute atomic E-state index is 0.0908. The number of rotatable bonds is 12. The van der Waals surface area contributed by atoms with Crippen LogP contribution in [-0.4, -0.2) is 0 Å². The fraction of sp³-hybridized carbons (Fsp3) is 0.415. The zero-order chi connectivity index (χ0) is 29.2. The lowest BCUT2D eigenvalue weighted by atomic mass is 9.70. The molecule has 5 rings (SSSR count). The van der Waals surface area contributed by atoms with Gasteiger partial charge in [-0.1, -0.05) is 163 Å². The van der Waals surface area contributed by atoms with Crippen LogP contribution in [0.25, 0.3) is 33.4 Å². The Morgan fingerprint density at radius 2 is 0.805 bits per heavy atom. The summed E-state index contributed by atoms with van der Waals surface area (Å²) in [5.74, 6) is 0. The summed E-state index contributed by atoms with van der Waals surface area (Å²) in [6, 6.07) is 32.8. The van der Waals surface area contributed by atoms with E-state index in [-0.39, 0.29) is 5.41 Å². The van der Waals surface area contributed by atoms with Crippen molar-refractivity contribution in [1.29, 1.82) is 0 Å². The van der Waals surface area contributed by atoms with Crippen LogP contribution < -0.4 is 0 Å². The van der Waals surface area contributed by atoms with Crippen molar-refractivity contribution < 1.29 is 0 Å². The highest BCUT2D eigenvalue weighted by Gasteiger charge is 2.42. The molecule has 0 spiro atoms. The number of fused-ring (bicyclic) bond motifs is 3. The predicted octanol–water partition coefficient (Wildman–Crippen LogP) is 12.9. The van der Waals surface area contributed by atoms with Crippen molar-refractivity contribution in [1.82, 2.24) is 0 Å². The van der Waals surface area contributed by atoms with Gasteiger partial charge in [-0.25, -0.2) is 0 Å². The lowest BCUT2D eigenvalue weighted by Crippen LogP contribution is -2.25. The lowest BCUT2D eigenvalue weighted by molar-refractivity contribution is 0.401. The van der Waals surface area contributed by atoms with Crippen molar-refractivity contribution in [3.8, 4) is 33.4 Å². The predicted molar refractivity (Wildman–Crippen MR) is 182 cm³/mol. The topological polar surface area (TPSA) is 0 Å². The second-order valence-corrected chi connectivity index (χ2v) is 12.0. The molecule has 0 heteroatoms. The van der Waals surface area contributed by atoms with E-state index in [0.29, 0.717) is 0 Å². The summed E-state index contributed by atoms with van der Waals surface area (Å²) in [7, 11) is 0. The largest absolute Gasteiger partial charge is 0.0683 e. The Hall–Kier alpha value is -3.12. The number of hydrogen-bond donors (Lipinski definition) is 0. The molecule has 0 aromatic heterocycles. The third kappa shape index (κ3) is 6.86. The monoisotopic (exact) mass is 544 g/mol. The van der Waals surface area contributed by atoms with Crippen LogP contribution in [0.5, 0.6) is 0 Å². The SMILES string of the molecule is CC.CCCCCCC1(CCCCCC)c2cc(-c3ccc(C)cc3)ccc2-c2ccc(-c3ccc(C)cc3)cc21. The van der Waals surface area contributed by atoms with Gasteiger partial charge in [-0.2, -0.15) is 0 Å². The van der Waals surface area contributed by atoms with Crippen LogP contribution in [0.3, 0.4) is 0 Å². The van der Waals surface area contributed by atoms with Crippen LogP contribution in [0.1, 0.15) is 114 Å². The number of benzene rings is 4. The van der Waals surface area contributed by atoms with Crippen LogP contribution in [0.2, 0.25) is 0 Å². The smallest absolute Gasteiger partial charge is 0.0215 e. The molecule has 0 nitrogen and oxygen atoms in total. The second kappa shape index (κ2) is 14.7. The zero-order valence-electron chi connectivity index (χ0n) is 26.7. The van der Waals surface area contributed by atoms with Crippen molar-refractivity contribution in [2.45, 2.75) is 111 Å². The summed E-state index contributed by atoms with van der Waals surface area (Å²) in [4.78, 5) is 0. The summed E-state index contributed by atoms with van der Waals surface area (Å²) in [6.07, 6.45) is 13.0. The van der Waals surface area contributed by atoms with Crippen molar-refractivity contribution in [2.75, 3.05) is 0 Å². The molecule has 1 aliphatic rings. The Kier molecular flexibility index (Phi) is 11.0.